The summed E-state index contributed by atoms with van der Waals surface area (Å²) in [5.74, 6) is 0.590. The molecule has 5 heteroatoms. The van der Waals surface area contributed by atoms with Gasteiger partial charge in [0.25, 0.3) is 0 Å². The molecule has 0 aliphatic carbocycles. The number of aromatic nitrogens is 1. The van der Waals surface area contributed by atoms with Gasteiger partial charge < -0.3 is 9.30 Å². The Balaban J connectivity index is 2.01. The molecule has 1 heterocycles. The highest BCUT2D eigenvalue weighted by atomic mass is 32.1. The highest BCUT2D eigenvalue weighted by Crippen LogP contribution is 2.22. The van der Waals surface area contributed by atoms with Gasteiger partial charge in [0.05, 0.1) is 18.0 Å². The summed E-state index contributed by atoms with van der Waals surface area (Å²) in [6.07, 6.45) is 1.83. The van der Waals surface area contributed by atoms with Crippen LogP contribution in [0.4, 0.5) is 10.1 Å². The van der Waals surface area contributed by atoms with Crippen LogP contribution in [0.1, 0.15) is 6.92 Å². The summed E-state index contributed by atoms with van der Waals surface area (Å²) in [5.41, 5.74) is 2.80. The number of halogens is 1. The van der Waals surface area contributed by atoms with E-state index in [0.717, 1.165) is 27.5 Å². The predicted molar refractivity (Wildman–Crippen MR) is 101 cm³/mol. The van der Waals surface area contributed by atoms with Crippen LogP contribution in [0.15, 0.2) is 71.6 Å². The van der Waals surface area contributed by atoms with E-state index in [1.165, 1.54) is 12.1 Å². The van der Waals surface area contributed by atoms with Crippen LogP contribution in [0.3, 0.4) is 0 Å². The Kier molecular flexibility index (Phi) is 5.46. The number of thiazole rings is 1. The smallest absolute Gasteiger partial charge is 0.190 e. The summed E-state index contributed by atoms with van der Waals surface area (Å²) in [6, 6.07) is 14.2. The lowest BCUT2D eigenvalue weighted by molar-refractivity contribution is 0.340. The van der Waals surface area contributed by atoms with Crippen LogP contribution >= 0.6 is 11.3 Å². The Hall–Kier alpha value is -2.66. The molecule has 1 aromatic heterocycles. The number of nitrogens with zero attached hydrogens (tertiary/aromatic N) is 2. The van der Waals surface area contributed by atoms with Crippen molar-refractivity contribution in [2.75, 3.05) is 6.61 Å². The molecule has 0 bridgehead atoms. The van der Waals surface area contributed by atoms with Gasteiger partial charge in [-0.05, 0) is 61.0 Å². The lowest BCUT2D eigenvalue weighted by Gasteiger charge is -2.07. The third kappa shape index (κ3) is 4.06. The first-order valence-corrected chi connectivity index (χ1v) is 8.92. The quantitative estimate of drug-likeness (QED) is 0.561. The summed E-state index contributed by atoms with van der Waals surface area (Å²) in [7, 11) is 0. The molecule has 0 saturated heterocycles. The molecule has 0 N–H and O–H groups in total. The van der Waals surface area contributed by atoms with Crippen molar-refractivity contribution in [3.8, 4) is 17.0 Å². The average molecular weight is 354 g/mol. The van der Waals surface area contributed by atoms with Crippen molar-refractivity contribution in [2.24, 2.45) is 4.99 Å². The van der Waals surface area contributed by atoms with Gasteiger partial charge in [-0.2, -0.15) is 0 Å². The Morgan fingerprint density at radius 3 is 2.52 bits per heavy atom. The molecule has 2 aromatic carbocycles. The summed E-state index contributed by atoms with van der Waals surface area (Å²) in [4.78, 5) is 5.59. The molecule has 0 unspecified atom stereocenters. The maximum atomic E-state index is 13.2. The second-order valence-corrected chi connectivity index (χ2v) is 6.18. The molecular formula is C20H19FN2OS. The molecule has 0 atom stereocenters. The van der Waals surface area contributed by atoms with Crippen LogP contribution < -0.4 is 9.54 Å². The van der Waals surface area contributed by atoms with Gasteiger partial charge in [0.15, 0.2) is 4.80 Å². The minimum atomic E-state index is -0.242. The lowest BCUT2D eigenvalue weighted by atomic mass is 10.2. The standard InChI is InChI=1S/C20H19FN2OS/c1-3-13-23-19(15-5-7-16(21)8-6-15)14-25-20(23)22-17-9-11-18(12-10-17)24-4-2/h3,5-12,14H,1,4,13H2,2H3. The zero-order valence-corrected chi connectivity index (χ0v) is 14.8. The highest BCUT2D eigenvalue weighted by Gasteiger charge is 2.07. The van der Waals surface area contributed by atoms with E-state index in [1.807, 2.05) is 42.6 Å². The summed E-state index contributed by atoms with van der Waals surface area (Å²) in [5, 5.41) is 2.03. The van der Waals surface area contributed by atoms with E-state index in [-0.39, 0.29) is 5.82 Å². The molecule has 0 radical (unpaired) electrons. The predicted octanol–water partition coefficient (Wildman–Crippen LogP) is 5.17. The summed E-state index contributed by atoms with van der Waals surface area (Å²) >= 11 is 1.55. The molecule has 128 valence electrons. The normalized spacial score (nSPS) is 11.5. The second-order valence-electron chi connectivity index (χ2n) is 5.35. The Labute approximate surface area is 150 Å². The molecule has 0 fully saturated rings. The average Bonchev–Trinajstić information content (AvgIpc) is 3.01. The van der Waals surface area contributed by atoms with Crippen molar-refractivity contribution in [3.63, 3.8) is 0 Å². The van der Waals surface area contributed by atoms with Gasteiger partial charge in [-0.25, -0.2) is 9.38 Å². The van der Waals surface area contributed by atoms with E-state index in [2.05, 4.69) is 11.1 Å². The van der Waals surface area contributed by atoms with Gasteiger partial charge >= 0.3 is 0 Å². The topological polar surface area (TPSA) is 26.5 Å². The molecule has 0 aliphatic rings. The number of rotatable bonds is 6. The first kappa shape index (κ1) is 17.2. The van der Waals surface area contributed by atoms with Crippen LogP contribution in [-0.4, -0.2) is 11.2 Å². The molecule has 0 amide bonds. The van der Waals surface area contributed by atoms with Crippen molar-refractivity contribution in [1.82, 2.24) is 4.57 Å². The van der Waals surface area contributed by atoms with Crippen LogP contribution in [0, 0.1) is 5.82 Å². The van der Waals surface area contributed by atoms with Gasteiger partial charge in [-0.1, -0.05) is 6.08 Å². The lowest BCUT2D eigenvalue weighted by Crippen LogP contribution is -2.14. The van der Waals surface area contributed by atoms with E-state index in [9.17, 15) is 4.39 Å². The van der Waals surface area contributed by atoms with Crippen molar-refractivity contribution in [2.45, 2.75) is 13.5 Å². The number of allylic oxidation sites excluding steroid dienone is 1. The van der Waals surface area contributed by atoms with Gasteiger partial charge in [-0.15, -0.1) is 17.9 Å². The summed E-state index contributed by atoms with van der Waals surface area (Å²) < 4.78 is 20.7. The minimum Gasteiger partial charge on any atom is -0.494 e. The van der Waals surface area contributed by atoms with Crippen LogP contribution in [-0.2, 0) is 6.54 Å². The number of hydrogen-bond acceptors (Lipinski definition) is 3. The maximum absolute atomic E-state index is 13.2. The number of benzene rings is 2. The Morgan fingerprint density at radius 2 is 1.88 bits per heavy atom. The molecular weight excluding hydrogens is 335 g/mol. The fraction of sp³-hybridized carbons (Fsp3) is 0.150. The van der Waals surface area contributed by atoms with Crippen molar-refractivity contribution >= 4 is 17.0 Å². The third-order valence-electron chi connectivity index (χ3n) is 3.62. The van der Waals surface area contributed by atoms with Crippen molar-refractivity contribution < 1.29 is 9.13 Å². The molecule has 0 aliphatic heterocycles. The van der Waals surface area contributed by atoms with Crippen LogP contribution in [0.25, 0.3) is 11.3 Å². The fourth-order valence-corrected chi connectivity index (χ4v) is 3.41. The van der Waals surface area contributed by atoms with Gasteiger partial charge in [0, 0.05) is 11.9 Å². The van der Waals surface area contributed by atoms with E-state index in [4.69, 9.17) is 9.73 Å². The second kappa shape index (κ2) is 7.94. The van der Waals surface area contributed by atoms with Gasteiger partial charge in [0.1, 0.15) is 11.6 Å². The first-order valence-electron chi connectivity index (χ1n) is 8.04. The Morgan fingerprint density at radius 1 is 1.16 bits per heavy atom. The van der Waals surface area contributed by atoms with Gasteiger partial charge in [-0.3, -0.25) is 0 Å². The zero-order chi connectivity index (χ0) is 17.6. The molecule has 3 aromatic rings. The van der Waals surface area contributed by atoms with E-state index in [0.29, 0.717) is 13.2 Å². The van der Waals surface area contributed by atoms with Gasteiger partial charge in [0.2, 0.25) is 0 Å². The molecule has 3 rings (SSSR count). The molecule has 3 nitrogen and oxygen atoms in total. The first-order chi connectivity index (χ1) is 12.2. The van der Waals surface area contributed by atoms with E-state index < -0.39 is 0 Å². The molecule has 25 heavy (non-hydrogen) atoms. The largest absolute Gasteiger partial charge is 0.494 e. The SMILES string of the molecule is C=CCn1c(-c2ccc(F)cc2)csc1=Nc1ccc(OCC)cc1. The molecule has 0 saturated carbocycles. The third-order valence-corrected chi connectivity index (χ3v) is 4.49. The van der Waals surface area contributed by atoms with Crippen LogP contribution in [0.2, 0.25) is 0 Å². The van der Waals surface area contributed by atoms with Crippen molar-refractivity contribution in [1.29, 1.82) is 0 Å². The summed E-state index contributed by atoms with van der Waals surface area (Å²) in [6.45, 7) is 7.06. The Bertz CT molecular complexity index is 908. The number of ether oxygens (including phenoxy) is 1. The fourth-order valence-electron chi connectivity index (χ4n) is 2.47. The molecule has 0 spiro atoms. The van der Waals surface area contributed by atoms with Crippen LogP contribution in [0.5, 0.6) is 5.75 Å². The zero-order valence-electron chi connectivity index (χ0n) is 14.0. The van der Waals surface area contributed by atoms with E-state index >= 15 is 0 Å². The maximum Gasteiger partial charge on any atom is 0.190 e. The highest BCUT2D eigenvalue weighted by molar-refractivity contribution is 7.07. The minimum absolute atomic E-state index is 0.242. The number of hydrogen-bond donors (Lipinski definition) is 0. The monoisotopic (exact) mass is 354 g/mol. The van der Waals surface area contributed by atoms with E-state index in [1.54, 1.807) is 23.5 Å². The van der Waals surface area contributed by atoms with Crippen molar-refractivity contribution in [3.05, 3.63) is 77.2 Å².